The molecule has 178 valence electrons. The van der Waals surface area contributed by atoms with Crippen molar-refractivity contribution < 1.29 is 23.7 Å². The van der Waals surface area contributed by atoms with Gasteiger partial charge in [0.2, 0.25) is 11.7 Å². The average Bonchev–Trinajstić information content (AvgIpc) is 2.85. The largest absolute Gasteiger partial charge is 0.493 e. The lowest BCUT2D eigenvalue weighted by molar-refractivity contribution is -0.116. The summed E-state index contributed by atoms with van der Waals surface area (Å²) in [6.07, 6.45) is 2.21. The van der Waals surface area contributed by atoms with Crippen LogP contribution < -0.4 is 29.2 Å². The number of piperazine rings is 1. The predicted molar refractivity (Wildman–Crippen MR) is 128 cm³/mol. The molecule has 0 bridgehead atoms. The number of nitrogens with zero attached hydrogens (tertiary/aromatic N) is 2. The van der Waals surface area contributed by atoms with Crippen LogP contribution in [0.5, 0.6) is 23.0 Å². The summed E-state index contributed by atoms with van der Waals surface area (Å²) in [4.78, 5) is 16.4. The number of nitrogens with one attached hydrogen (secondary N) is 1. The van der Waals surface area contributed by atoms with Gasteiger partial charge in [0.15, 0.2) is 11.5 Å². The SMILES string of the molecule is COc1cc(N2CCN(CCCOc3cccc4c3CCC(=O)N4)CC2)cc(OC)c1OC. The van der Waals surface area contributed by atoms with E-state index in [1.807, 2.05) is 30.3 Å². The van der Waals surface area contributed by atoms with E-state index in [2.05, 4.69) is 15.1 Å². The van der Waals surface area contributed by atoms with Crippen molar-refractivity contribution in [2.45, 2.75) is 19.3 Å². The fraction of sp³-hybridized carbons (Fsp3) is 0.480. The van der Waals surface area contributed by atoms with Gasteiger partial charge in [-0.3, -0.25) is 9.69 Å². The molecule has 8 heteroatoms. The van der Waals surface area contributed by atoms with Gasteiger partial charge in [-0.05, 0) is 25.0 Å². The molecule has 0 aromatic heterocycles. The van der Waals surface area contributed by atoms with E-state index in [1.54, 1.807) is 21.3 Å². The highest BCUT2D eigenvalue weighted by Crippen LogP contribution is 2.41. The van der Waals surface area contributed by atoms with E-state index in [0.717, 1.165) is 68.3 Å². The summed E-state index contributed by atoms with van der Waals surface area (Å²) < 4.78 is 22.5. The van der Waals surface area contributed by atoms with Crippen molar-refractivity contribution in [2.24, 2.45) is 0 Å². The zero-order chi connectivity index (χ0) is 23.2. The molecule has 4 rings (SSSR count). The fourth-order valence-electron chi connectivity index (χ4n) is 4.48. The standard InChI is InChI=1S/C25H33N3O5/c1-30-22-16-18(17-23(31-2)25(22)32-3)28-13-11-27(12-14-28)10-5-15-33-21-7-4-6-20-19(21)8-9-24(29)26-20/h4,6-7,16-17H,5,8-15H2,1-3H3,(H,26,29). The first kappa shape index (κ1) is 23.0. The summed E-state index contributed by atoms with van der Waals surface area (Å²) in [6, 6.07) is 9.88. The first-order chi connectivity index (χ1) is 16.1. The Morgan fingerprint density at radius 3 is 2.30 bits per heavy atom. The molecular weight excluding hydrogens is 422 g/mol. The van der Waals surface area contributed by atoms with Crippen molar-refractivity contribution >= 4 is 17.3 Å². The van der Waals surface area contributed by atoms with Gasteiger partial charge in [-0.2, -0.15) is 0 Å². The van der Waals surface area contributed by atoms with Crippen LogP contribution in [0.1, 0.15) is 18.4 Å². The number of benzene rings is 2. The molecule has 8 nitrogen and oxygen atoms in total. The number of carbonyl (C=O) groups excluding carboxylic acids is 1. The van der Waals surface area contributed by atoms with Gasteiger partial charge < -0.3 is 29.2 Å². The van der Waals surface area contributed by atoms with E-state index >= 15 is 0 Å². The Labute approximate surface area is 195 Å². The summed E-state index contributed by atoms with van der Waals surface area (Å²) in [5.74, 6) is 2.93. The minimum absolute atomic E-state index is 0.0744. The molecule has 2 aliphatic rings. The molecule has 0 spiro atoms. The van der Waals surface area contributed by atoms with E-state index in [0.29, 0.717) is 30.3 Å². The molecule has 0 atom stereocenters. The molecule has 1 N–H and O–H groups in total. The highest BCUT2D eigenvalue weighted by atomic mass is 16.5. The molecule has 0 radical (unpaired) electrons. The zero-order valence-electron chi connectivity index (χ0n) is 19.7. The van der Waals surface area contributed by atoms with Gasteiger partial charge in [0.1, 0.15) is 5.75 Å². The van der Waals surface area contributed by atoms with E-state index in [-0.39, 0.29) is 5.91 Å². The van der Waals surface area contributed by atoms with Gasteiger partial charge in [0, 0.05) is 68.2 Å². The van der Waals surface area contributed by atoms with Crippen LogP contribution in [0.25, 0.3) is 0 Å². The summed E-state index contributed by atoms with van der Waals surface area (Å²) in [7, 11) is 4.90. The Balaban J connectivity index is 1.25. The number of carbonyl (C=O) groups is 1. The average molecular weight is 456 g/mol. The normalized spacial score (nSPS) is 16.1. The molecule has 1 amide bonds. The van der Waals surface area contributed by atoms with Gasteiger partial charge >= 0.3 is 0 Å². The van der Waals surface area contributed by atoms with Crippen molar-refractivity contribution in [3.05, 3.63) is 35.9 Å². The van der Waals surface area contributed by atoms with E-state index in [4.69, 9.17) is 18.9 Å². The summed E-state index contributed by atoms with van der Waals surface area (Å²) in [5, 5.41) is 2.93. The van der Waals surface area contributed by atoms with Gasteiger partial charge in [0.25, 0.3) is 0 Å². The molecule has 0 saturated carbocycles. The zero-order valence-corrected chi connectivity index (χ0v) is 19.7. The summed E-state index contributed by atoms with van der Waals surface area (Å²) in [5.41, 5.74) is 3.07. The van der Waals surface area contributed by atoms with Crippen LogP contribution in [0, 0.1) is 0 Å². The third kappa shape index (κ3) is 5.27. The maximum atomic E-state index is 11.6. The predicted octanol–water partition coefficient (Wildman–Crippen LogP) is 3.19. The number of anilines is 2. The van der Waals surface area contributed by atoms with Crippen molar-refractivity contribution in [3.63, 3.8) is 0 Å². The number of hydrogen-bond acceptors (Lipinski definition) is 7. The highest BCUT2D eigenvalue weighted by Gasteiger charge is 2.21. The van der Waals surface area contributed by atoms with Gasteiger partial charge in [0.05, 0.1) is 27.9 Å². The van der Waals surface area contributed by atoms with Gasteiger partial charge in [-0.15, -0.1) is 0 Å². The number of hydrogen-bond donors (Lipinski definition) is 1. The van der Waals surface area contributed by atoms with E-state index in [1.165, 1.54) is 0 Å². The highest BCUT2D eigenvalue weighted by molar-refractivity contribution is 5.94. The monoisotopic (exact) mass is 455 g/mol. The van der Waals surface area contributed by atoms with Crippen LogP contribution in [-0.4, -0.2) is 71.5 Å². The number of rotatable bonds is 9. The summed E-state index contributed by atoms with van der Waals surface area (Å²) >= 11 is 0. The fourth-order valence-corrected chi connectivity index (χ4v) is 4.48. The van der Waals surface area contributed by atoms with Crippen LogP contribution >= 0.6 is 0 Å². The second-order valence-electron chi connectivity index (χ2n) is 8.24. The molecule has 1 saturated heterocycles. The molecule has 0 aliphatic carbocycles. The van der Waals surface area contributed by atoms with Gasteiger partial charge in [-0.25, -0.2) is 0 Å². The Morgan fingerprint density at radius 1 is 0.909 bits per heavy atom. The quantitative estimate of drug-likeness (QED) is 0.582. The third-order valence-electron chi connectivity index (χ3n) is 6.27. The molecule has 2 aliphatic heterocycles. The number of fused-ring (bicyclic) bond motifs is 1. The summed E-state index contributed by atoms with van der Waals surface area (Å²) in [6.45, 7) is 5.51. The maximum absolute atomic E-state index is 11.6. The van der Waals surface area contributed by atoms with E-state index in [9.17, 15) is 4.79 Å². The molecule has 2 heterocycles. The number of ether oxygens (including phenoxy) is 4. The minimum atomic E-state index is 0.0744. The third-order valence-corrected chi connectivity index (χ3v) is 6.27. The Kier molecular flexibility index (Phi) is 7.44. The minimum Gasteiger partial charge on any atom is -0.493 e. The number of methoxy groups -OCH3 is 3. The lowest BCUT2D eigenvalue weighted by atomic mass is 10.0. The smallest absolute Gasteiger partial charge is 0.224 e. The molecule has 0 unspecified atom stereocenters. The van der Waals surface area contributed by atoms with E-state index < -0.39 is 0 Å². The Morgan fingerprint density at radius 2 is 1.64 bits per heavy atom. The Hall–Kier alpha value is -3.13. The number of amides is 1. The molecular formula is C25H33N3O5. The topological polar surface area (TPSA) is 72.5 Å². The molecule has 2 aromatic carbocycles. The molecule has 1 fully saturated rings. The van der Waals surface area contributed by atoms with Gasteiger partial charge in [-0.1, -0.05) is 6.07 Å². The van der Waals surface area contributed by atoms with Crippen LogP contribution in [0.3, 0.4) is 0 Å². The van der Waals surface area contributed by atoms with Crippen LogP contribution in [-0.2, 0) is 11.2 Å². The first-order valence-electron chi connectivity index (χ1n) is 11.4. The van der Waals surface area contributed by atoms with Crippen molar-refractivity contribution in [1.29, 1.82) is 0 Å². The van der Waals surface area contributed by atoms with Crippen LogP contribution in [0.2, 0.25) is 0 Å². The van der Waals surface area contributed by atoms with Crippen molar-refractivity contribution in [2.75, 3.05) is 70.9 Å². The van der Waals surface area contributed by atoms with Crippen molar-refractivity contribution in [1.82, 2.24) is 4.90 Å². The Bertz CT molecular complexity index is 948. The second-order valence-corrected chi connectivity index (χ2v) is 8.24. The maximum Gasteiger partial charge on any atom is 0.224 e. The lowest BCUT2D eigenvalue weighted by Gasteiger charge is -2.36. The van der Waals surface area contributed by atoms with Crippen LogP contribution in [0.4, 0.5) is 11.4 Å². The molecule has 2 aromatic rings. The first-order valence-corrected chi connectivity index (χ1v) is 11.4. The second kappa shape index (κ2) is 10.7. The van der Waals surface area contributed by atoms with Crippen molar-refractivity contribution in [3.8, 4) is 23.0 Å². The van der Waals surface area contributed by atoms with Crippen LogP contribution in [0.15, 0.2) is 30.3 Å². The lowest BCUT2D eigenvalue weighted by Crippen LogP contribution is -2.46. The molecule has 33 heavy (non-hydrogen) atoms.